The lowest BCUT2D eigenvalue weighted by Crippen LogP contribution is -2.29. The quantitative estimate of drug-likeness (QED) is 0.563. The first-order valence-electron chi connectivity index (χ1n) is 7.94. The van der Waals surface area contributed by atoms with Crippen LogP contribution in [0.15, 0.2) is 36.4 Å². The van der Waals surface area contributed by atoms with Crippen molar-refractivity contribution in [2.24, 2.45) is 5.92 Å². The highest BCUT2D eigenvalue weighted by Gasteiger charge is 2.38. The first kappa shape index (κ1) is 18.4. The fourth-order valence-electron chi connectivity index (χ4n) is 2.57. The molecule has 0 aromatic heterocycles. The summed E-state index contributed by atoms with van der Waals surface area (Å²) in [6.07, 6.45) is 0. The van der Waals surface area contributed by atoms with E-state index in [1.807, 2.05) is 13.8 Å². The van der Waals surface area contributed by atoms with Crippen LogP contribution in [0.4, 0.5) is 5.69 Å². The van der Waals surface area contributed by atoms with Gasteiger partial charge in [-0.3, -0.25) is 9.59 Å². The first-order valence-corrected chi connectivity index (χ1v) is 8.70. The zero-order chi connectivity index (χ0) is 19.0. The molecule has 7 heteroatoms. The van der Waals surface area contributed by atoms with Crippen LogP contribution in [-0.4, -0.2) is 24.4 Å². The molecule has 0 bridgehead atoms. The Bertz CT molecular complexity index is 924. The van der Waals surface area contributed by atoms with Crippen molar-refractivity contribution in [1.29, 1.82) is 0 Å². The Morgan fingerprint density at radius 1 is 1.04 bits per heavy atom. The Morgan fingerprint density at radius 3 is 2.42 bits per heavy atom. The summed E-state index contributed by atoms with van der Waals surface area (Å²) in [5, 5.41) is 0.569. The molecule has 0 saturated carbocycles. The standard InChI is InChI=1S/C19H15Cl2NO4/c1-10(2)9-26-19(25)11-3-5-13-14(7-11)18(24)22(17(13)23)16-8-12(20)4-6-15(16)21/h3-8,10H,9H2,1-2H3. The zero-order valence-electron chi connectivity index (χ0n) is 14.1. The van der Waals surface area contributed by atoms with Crippen LogP contribution >= 0.6 is 23.2 Å². The number of imide groups is 1. The van der Waals surface area contributed by atoms with Crippen LogP contribution in [0.25, 0.3) is 0 Å². The molecule has 0 fully saturated rings. The number of anilines is 1. The molecule has 0 spiro atoms. The van der Waals surface area contributed by atoms with E-state index in [0.29, 0.717) is 5.02 Å². The van der Waals surface area contributed by atoms with E-state index in [9.17, 15) is 14.4 Å². The average molecular weight is 392 g/mol. The fourth-order valence-corrected chi connectivity index (χ4v) is 2.94. The van der Waals surface area contributed by atoms with Crippen molar-refractivity contribution in [3.8, 4) is 0 Å². The molecule has 2 aromatic carbocycles. The monoisotopic (exact) mass is 391 g/mol. The Balaban J connectivity index is 1.95. The minimum absolute atomic E-state index is 0.130. The highest BCUT2D eigenvalue weighted by atomic mass is 35.5. The molecule has 0 unspecified atom stereocenters. The zero-order valence-corrected chi connectivity index (χ0v) is 15.6. The molecule has 0 atom stereocenters. The summed E-state index contributed by atoms with van der Waals surface area (Å²) in [5.41, 5.74) is 0.746. The van der Waals surface area contributed by atoms with Crippen molar-refractivity contribution in [2.75, 3.05) is 11.5 Å². The van der Waals surface area contributed by atoms with E-state index < -0.39 is 17.8 Å². The number of nitrogens with zero attached hydrogens (tertiary/aromatic N) is 1. The minimum Gasteiger partial charge on any atom is -0.462 e. The van der Waals surface area contributed by atoms with Crippen LogP contribution in [0.1, 0.15) is 44.9 Å². The lowest BCUT2D eigenvalue weighted by molar-refractivity contribution is 0.0458. The molecular formula is C19H15Cl2NO4. The molecule has 0 radical (unpaired) electrons. The van der Waals surface area contributed by atoms with E-state index in [2.05, 4.69) is 0 Å². The SMILES string of the molecule is CC(C)COC(=O)c1ccc2c(c1)C(=O)N(c1cc(Cl)ccc1Cl)C2=O. The minimum atomic E-state index is -0.562. The van der Waals surface area contributed by atoms with Crippen LogP contribution < -0.4 is 4.90 Å². The van der Waals surface area contributed by atoms with Crippen LogP contribution in [0.5, 0.6) is 0 Å². The average Bonchev–Trinajstić information content (AvgIpc) is 2.85. The maximum Gasteiger partial charge on any atom is 0.338 e. The van der Waals surface area contributed by atoms with Crippen LogP contribution in [-0.2, 0) is 4.74 Å². The van der Waals surface area contributed by atoms with Crippen LogP contribution in [0, 0.1) is 5.92 Å². The molecule has 0 N–H and O–H groups in total. The van der Waals surface area contributed by atoms with Crippen LogP contribution in [0.2, 0.25) is 10.0 Å². The summed E-state index contributed by atoms with van der Waals surface area (Å²) >= 11 is 12.1. The van der Waals surface area contributed by atoms with Gasteiger partial charge in [-0.25, -0.2) is 9.69 Å². The van der Waals surface area contributed by atoms with Gasteiger partial charge in [-0.2, -0.15) is 0 Å². The van der Waals surface area contributed by atoms with E-state index in [1.165, 1.54) is 30.3 Å². The van der Waals surface area contributed by atoms with Gasteiger partial charge in [0.25, 0.3) is 11.8 Å². The molecule has 2 aromatic rings. The summed E-state index contributed by atoms with van der Waals surface area (Å²) in [5.74, 6) is -1.43. The Morgan fingerprint density at radius 2 is 1.73 bits per heavy atom. The van der Waals surface area contributed by atoms with Gasteiger partial charge in [0.05, 0.1) is 34.0 Å². The van der Waals surface area contributed by atoms with Gasteiger partial charge in [0.15, 0.2) is 0 Å². The van der Waals surface area contributed by atoms with Crippen molar-refractivity contribution in [1.82, 2.24) is 0 Å². The number of hydrogen-bond donors (Lipinski definition) is 0. The Hall–Kier alpha value is -2.37. The maximum atomic E-state index is 12.8. The number of hydrogen-bond acceptors (Lipinski definition) is 4. The van der Waals surface area contributed by atoms with Gasteiger partial charge in [0.1, 0.15) is 0 Å². The molecule has 26 heavy (non-hydrogen) atoms. The highest BCUT2D eigenvalue weighted by molar-refractivity contribution is 6.41. The molecule has 0 aliphatic carbocycles. The summed E-state index contributed by atoms with van der Waals surface area (Å²) in [4.78, 5) is 38.5. The largest absolute Gasteiger partial charge is 0.462 e. The van der Waals surface area contributed by atoms with Crippen molar-refractivity contribution in [3.63, 3.8) is 0 Å². The van der Waals surface area contributed by atoms with E-state index in [0.717, 1.165) is 4.90 Å². The van der Waals surface area contributed by atoms with Gasteiger partial charge in [-0.15, -0.1) is 0 Å². The number of esters is 1. The summed E-state index contributed by atoms with van der Waals surface area (Å²) in [6, 6.07) is 8.81. The second kappa shape index (κ2) is 7.09. The second-order valence-corrected chi connectivity index (χ2v) is 7.14. The van der Waals surface area contributed by atoms with Gasteiger partial charge >= 0.3 is 5.97 Å². The number of benzene rings is 2. The molecule has 134 valence electrons. The number of carbonyl (C=O) groups is 3. The third-order valence-electron chi connectivity index (χ3n) is 3.82. The molecule has 3 rings (SSSR count). The third kappa shape index (κ3) is 3.32. The van der Waals surface area contributed by atoms with Crippen LogP contribution in [0.3, 0.4) is 0 Å². The third-order valence-corrected chi connectivity index (χ3v) is 4.37. The normalized spacial score (nSPS) is 13.3. The summed E-state index contributed by atoms with van der Waals surface area (Å²) < 4.78 is 5.17. The van der Waals surface area contributed by atoms with Gasteiger partial charge in [0.2, 0.25) is 0 Å². The van der Waals surface area contributed by atoms with Gasteiger partial charge in [0, 0.05) is 5.02 Å². The molecule has 2 amide bonds. The predicted octanol–water partition coefficient (Wildman–Crippen LogP) is 4.61. The first-order chi connectivity index (χ1) is 12.3. The highest BCUT2D eigenvalue weighted by Crippen LogP contribution is 2.35. The lowest BCUT2D eigenvalue weighted by atomic mass is 10.1. The molecule has 1 heterocycles. The van der Waals surface area contributed by atoms with E-state index in [1.54, 1.807) is 6.07 Å². The maximum absolute atomic E-state index is 12.8. The Labute approximate surface area is 160 Å². The van der Waals surface area contributed by atoms with E-state index >= 15 is 0 Å². The predicted molar refractivity (Wildman–Crippen MR) is 99.2 cm³/mol. The molecule has 5 nitrogen and oxygen atoms in total. The van der Waals surface area contributed by atoms with Crippen molar-refractivity contribution < 1.29 is 19.1 Å². The number of fused-ring (bicyclic) bond motifs is 1. The molecular weight excluding hydrogens is 377 g/mol. The second-order valence-electron chi connectivity index (χ2n) is 6.29. The van der Waals surface area contributed by atoms with Gasteiger partial charge < -0.3 is 4.74 Å². The Kier molecular flexibility index (Phi) is 5.03. The number of ether oxygens (including phenoxy) is 1. The van der Waals surface area contributed by atoms with Crippen molar-refractivity contribution in [2.45, 2.75) is 13.8 Å². The summed E-state index contributed by atoms with van der Waals surface area (Å²) in [7, 11) is 0. The number of halogens is 2. The van der Waals surface area contributed by atoms with Crippen molar-refractivity contribution >= 4 is 46.7 Å². The van der Waals surface area contributed by atoms with Gasteiger partial charge in [-0.1, -0.05) is 37.0 Å². The number of amides is 2. The topological polar surface area (TPSA) is 63.7 Å². The van der Waals surface area contributed by atoms with E-state index in [4.69, 9.17) is 27.9 Å². The summed E-state index contributed by atoms with van der Waals surface area (Å²) in [6.45, 7) is 4.11. The van der Waals surface area contributed by atoms with E-state index in [-0.39, 0.29) is 39.9 Å². The molecule has 1 aliphatic rings. The number of rotatable bonds is 4. The lowest BCUT2D eigenvalue weighted by Gasteiger charge is -2.15. The van der Waals surface area contributed by atoms with Gasteiger partial charge in [-0.05, 0) is 42.3 Å². The van der Waals surface area contributed by atoms with Crippen molar-refractivity contribution in [3.05, 3.63) is 63.1 Å². The fraction of sp³-hybridized carbons (Fsp3) is 0.211. The smallest absolute Gasteiger partial charge is 0.338 e. The molecule has 1 aliphatic heterocycles. The molecule has 0 saturated heterocycles. The number of carbonyl (C=O) groups excluding carboxylic acids is 3.